The molecule has 0 saturated heterocycles. The number of fused-ring (bicyclic) bond motifs is 2. The van der Waals surface area contributed by atoms with Crippen LogP contribution in [0.25, 0.3) is 21.9 Å². The Bertz CT molecular complexity index is 1130. The van der Waals surface area contributed by atoms with Crippen molar-refractivity contribution in [2.24, 2.45) is 0 Å². The van der Waals surface area contributed by atoms with Crippen LogP contribution in [0.1, 0.15) is 18.9 Å². The van der Waals surface area contributed by atoms with Crippen molar-refractivity contribution in [2.45, 2.75) is 26.4 Å². The van der Waals surface area contributed by atoms with Gasteiger partial charge < -0.3 is 0 Å². The summed E-state index contributed by atoms with van der Waals surface area (Å²) in [7, 11) is 0. The van der Waals surface area contributed by atoms with E-state index in [9.17, 15) is 9.18 Å². The van der Waals surface area contributed by atoms with Crippen molar-refractivity contribution >= 4 is 21.9 Å². The number of aryl methyl sites for hydroxylation is 1. The van der Waals surface area contributed by atoms with Gasteiger partial charge in [-0.15, -0.1) is 0 Å². The van der Waals surface area contributed by atoms with Crippen LogP contribution < -0.4 is 5.69 Å². The van der Waals surface area contributed by atoms with Crippen molar-refractivity contribution in [3.05, 3.63) is 76.6 Å². The van der Waals surface area contributed by atoms with E-state index in [1.807, 2.05) is 24.3 Å². The fourth-order valence-electron chi connectivity index (χ4n) is 3.36. The monoisotopic (exact) mass is 335 g/mol. The van der Waals surface area contributed by atoms with Crippen molar-refractivity contribution in [3.8, 4) is 0 Å². The number of para-hydroxylation sites is 2. The molecule has 0 N–H and O–H groups in total. The second-order valence-electron chi connectivity index (χ2n) is 6.12. The molecule has 4 aromatic rings. The molecule has 0 aliphatic rings. The maximum Gasteiger partial charge on any atom is 0.329 e. The van der Waals surface area contributed by atoms with Gasteiger partial charge in [0.1, 0.15) is 5.82 Å². The molecule has 4 nitrogen and oxygen atoms in total. The van der Waals surface area contributed by atoms with Gasteiger partial charge >= 0.3 is 5.69 Å². The minimum Gasteiger partial charge on any atom is -0.292 e. The number of hydrogen-bond donors (Lipinski definition) is 0. The van der Waals surface area contributed by atoms with Gasteiger partial charge in [-0.1, -0.05) is 25.1 Å². The van der Waals surface area contributed by atoms with E-state index in [0.717, 1.165) is 23.0 Å². The first-order valence-electron chi connectivity index (χ1n) is 8.41. The lowest BCUT2D eigenvalue weighted by molar-refractivity contribution is 0.633. The SMILES string of the molecule is CCCn1c(=O)n(Cc2ccc(F)c3cccnc23)c2ccccc21. The van der Waals surface area contributed by atoms with Crippen molar-refractivity contribution in [2.75, 3.05) is 0 Å². The normalized spacial score (nSPS) is 11.4. The lowest BCUT2D eigenvalue weighted by atomic mass is 10.1. The molecule has 25 heavy (non-hydrogen) atoms. The van der Waals surface area contributed by atoms with Crippen molar-refractivity contribution in [1.29, 1.82) is 0 Å². The molecular formula is C20H18FN3O. The molecule has 0 spiro atoms. The third-order valence-electron chi connectivity index (χ3n) is 4.50. The average Bonchev–Trinajstić information content (AvgIpc) is 2.90. The van der Waals surface area contributed by atoms with Gasteiger partial charge in [0.05, 0.1) is 23.1 Å². The zero-order valence-corrected chi connectivity index (χ0v) is 13.9. The number of hydrogen-bond acceptors (Lipinski definition) is 2. The number of nitrogens with zero attached hydrogens (tertiary/aromatic N) is 3. The van der Waals surface area contributed by atoms with Crippen LogP contribution in [0.15, 0.2) is 59.5 Å². The molecule has 0 saturated carbocycles. The number of aromatic nitrogens is 3. The van der Waals surface area contributed by atoms with Gasteiger partial charge in [-0.3, -0.25) is 14.1 Å². The molecular weight excluding hydrogens is 317 g/mol. The topological polar surface area (TPSA) is 39.8 Å². The maximum atomic E-state index is 14.0. The fourth-order valence-corrected chi connectivity index (χ4v) is 3.36. The minimum absolute atomic E-state index is 0.0449. The van der Waals surface area contributed by atoms with E-state index >= 15 is 0 Å². The quantitative estimate of drug-likeness (QED) is 0.566. The van der Waals surface area contributed by atoms with Gasteiger partial charge in [-0.2, -0.15) is 0 Å². The molecule has 2 aromatic heterocycles. The van der Waals surface area contributed by atoms with Crippen LogP contribution >= 0.6 is 0 Å². The van der Waals surface area contributed by atoms with E-state index < -0.39 is 0 Å². The molecule has 0 amide bonds. The highest BCUT2D eigenvalue weighted by atomic mass is 19.1. The van der Waals surface area contributed by atoms with Crippen LogP contribution in [0.2, 0.25) is 0 Å². The van der Waals surface area contributed by atoms with Crippen molar-refractivity contribution in [3.63, 3.8) is 0 Å². The van der Waals surface area contributed by atoms with E-state index in [-0.39, 0.29) is 11.5 Å². The number of benzene rings is 2. The van der Waals surface area contributed by atoms with E-state index in [0.29, 0.717) is 24.0 Å². The van der Waals surface area contributed by atoms with Crippen LogP contribution in [0.4, 0.5) is 4.39 Å². The highest BCUT2D eigenvalue weighted by molar-refractivity contribution is 5.82. The van der Waals surface area contributed by atoms with Crippen LogP contribution in [-0.4, -0.2) is 14.1 Å². The Morgan fingerprint density at radius 1 is 1.00 bits per heavy atom. The van der Waals surface area contributed by atoms with Crippen LogP contribution in [0, 0.1) is 5.82 Å². The molecule has 0 fully saturated rings. The van der Waals surface area contributed by atoms with E-state index in [1.165, 1.54) is 6.07 Å². The van der Waals surface area contributed by atoms with Gasteiger partial charge in [0, 0.05) is 18.1 Å². The third kappa shape index (κ3) is 2.52. The first-order valence-corrected chi connectivity index (χ1v) is 8.41. The third-order valence-corrected chi connectivity index (χ3v) is 4.50. The summed E-state index contributed by atoms with van der Waals surface area (Å²) in [6.07, 6.45) is 2.53. The van der Waals surface area contributed by atoms with Crippen LogP contribution in [0.5, 0.6) is 0 Å². The maximum absolute atomic E-state index is 14.0. The summed E-state index contributed by atoms with van der Waals surface area (Å²) >= 11 is 0. The second kappa shape index (κ2) is 6.16. The Labute approximate surface area is 144 Å². The Morgan fingerprint density at radius 3 is 2.52 bits per heavy atom. The fraction of sp³-hybridized carbons (Fsp3) is 0.200. The predicted octanol–water partition coefficient (Wildman–Crippen LogP) is 3.95. The minimum atomic E-state index is -0.299. The number of rotatable bonds is 4. The van der Waals surface area contributed by atoms with E-state index in [4.69, 9.17) is 0 Å². The predicted molar refractivity (Wildman–Crippen MR) is 97.3 cm³/mol. The summed E-state index contributed by atoms with van der Waals surface area (Å²) in [5.74, 6) is -0.299. The Hall–Kier alpha value is -2.95. The van der Waals surface area contributed by atoms with Gasteiger partial charge in [0.2, 0.25) is 0 Å². The first kappa shape index (κ1) is 15.6. The van der Waals surface area contributed by atoms with Crippen molar-refractivity contribution in [1.82, 2.24) is 14.1 Å². The van der Waals surface area contributed by atoms with Gasteiger partial charge in [0.15, 0.2) is 0 Å². The largest absolute Gasteiger partial charge is 0.329 e. The van der Waals surface area contributed by atoms with E-state index in [2.05, 4.69) is 11.9 Å². The molecule has 126 valence electrons. The lowest BCUT2D eigenvalue weighted by Crippen LogP contribution is -2.24. The summed E-state index contributed by atoms with van der Waals surface area (Å²) in [5, 5.41) is 0.477. The molecule has 2 heterocycles. The number of pyridine rings is 1. The summed E-state index contributed by atoms with van der Waals surface area (Å²) in [5.41, 5.74) is 3.19. The summed E-state index contributed by atoms with van der Waals surface area (Å²) in [6.45, 7) is 3.09. The molecule has 0 aliphatic carbocycles. The number of imidazole rings is 1. The lowest BCUT2D eigenvalue weighted by Gasteiger charge is -2.08. The smallest absolute Gasteiger partial charge is 0.292 e. The molecule has 2 aromatic carbocycles. The Morgan fingerprint density at radius 2 is 1.76 bits per heavy atom. The number of halogens is 1. The van der Waals surface area contributed by atoms with Gasteiger partial charge in [-0.05, 0) is 42.3 Å². The highest BCUT2D eigenvalue weighted by Gasteiger charge is 2.14. The van der Waals surface area contributed by atoms with Gasteiger partial charge in [-0.25, -0.2) is 9.18 Å². The van der Waals surface area contributed by atoms with Crippen LogP contribution in [0.3, 0.4) is 0 Å². The van der Waals surface area contributed by atoms with E-state index in [1.54, 1.807) is 33.5 Å². The molecule has 5 heteroatoms. The summed E-state index contributed by atoms with van der Waals surface area (Å²) in [6, 6.07) is 14.4. The molecule has 0 atom stereocenters. The second-order valence-corrected chi connectivity index (χ2v) is 6.12. The molecule has 0 bridgehead atoms. The average molecular weight is 335 g/mol. The summed E-state index contributed by atoms with van der Waals surface area (Å²) < 4.78 is 17.6. The highest BCUT2D eigenvalue weighted by Crippen LogP contribution is 2.22. The van der Waals surface area contributed by atoms with Crippen molar-refractivity contribution < 1.29 is 4.39 Å². The molecule has 4 rings (SSSR count). The summed E-state index contributed by atoms with van der Waals surface area (Å²) in [4.78, 5) is 17.2. The zero-order chi connectivity index (χ0) is 17.4. The Balaban J connectivity index is 1.92. The van der Waals surface area contributed by atoms with Gasteiger partial charge in [0.25, 0.3) is 0 Å². The standard InChI is InChI=1S/C20H18FN3O/c1-2-12-23-17-7-3-4-8-18(17)24(20(23)25)13-14-9-10-16(21)15-6-5-11-22-19(14)15/h3-11H,2,12-13H2,1H3. The first-order chi connectivity index (χ1) is 12.2. The molecule has 0 radical (unpaired) electrons. The Kier molecular flexibility index (Phi) is 3.84. The molecule has 0 aliphatic heterocycles. The van der Waals surface area contributed by atoms with Crippen LogP contribution in [-0.2, 0) is 13.1 Å². The zero-order valence-electron chi connectivity index (χ0n) is 13.9. The molecule has 0 unspecified atom stereocenters.